The summed E-state index contributed by atoms with van der Waals surface area (Å²) in [6.45, 7) is 1.75. The molecule has 0 aromatic carbocycles. The third kappa shape index (κ3) is 1.33. The lowest BCUT2D eigenvalue weighted by Gasteiger charge is -1.75. The Morgan fingerprint density at radius 3 is 2.67 bits per heavy atom. The lowest BCUT2D eigenvalue weighted by molar-refractivity contribution is 0.108. The maximum atomic E-state index is 10.4. The van der Waals surface area contributed by atoms with Gasteiger partial charge in [-0.1, -0.05) is 0 Å². The first kappa shape index (κ1) is 6.36. The number of halogens is 1. The van der Waals surface area contributed by atoms with Crippen molar-refractivity contribution in [3.05, 3.63) is 23.7 Å². The van der Waals surface area contributed by atoms with Crippen LogP contribution in [0.2, 0.25) is 0 Å². The van der Waals surface area contributed by atoms with Gasteiger partial charge in [0.05, 0.1) is 5.56 Å². The van der Waals surface area contributed by atoms with Crippen molar-refractivity contribution in [3.63, 3.8) is 0 Å². The first-order valence-corrected chi connectivity index (χ1v) is 2.83. The Kier molecular flexibility index (Phi) is 1.58. The summed E-state index contributed by atoms with van der Waals surface area (Å²) in [4.78, 5) is 10.4. The summed E-state index contributed by atoms with van der Waals surface area (Å²) >= 11 is 5.12. The predicted molar refractivity (Wildman–Crippen MR) is 33.6 cm³/mol. The van der Waals surface area contributed by atoms with E-state index in [1.807, 2.05) is 0 Å². The maximum absolute atomic E-state index is 10.4. The molecule has 0 aliphatic heterocycles. The van der Waals surface area contributed by atoms with E-state index in [4.69, 9.17) is 16.0 Å². The van der Waals surface area contributed by atoms with Crippen molar-refractivity contribution in [1.29, 1.82) is 0 Å². The minimum atomic E-state index is -0.480. The van der Waals surface area contributed by atoms with Gasteiger partial charge in [0.2, 0.25) is 0 Å². The normalized spacial score (nSPS) is 9.56. The number of hydrogen-bond donors (Lipinski definition) is 0. The van der Waals surface area contributed by atoms with E-state index in [1.54, 1.807) is 13.0 Å². The summed E-state index contributed by atoms with van der Waals surface area (Å²) in [5.41, 5.74) is 0.411. The number of carbonyl (C=O) groups is 1. The van der Waals surface area contributed by atoms with Crippen LogP contribution in [0.4, 0.5) is 0 Å². The van der Waals surface area contributed by atoms with E-state index >= 15 is 0 Å². The predicted octanol–water partition coefficient (Wildman–Crippen LogP) is 1.97. The second-order valence-electron chi connectivity index (χ2n) is 1.72. The molecule has 3 heteroatoms. The molecule has 1 aromatic heterocycles. The van der Waals surface area contributed by atoms with Crippen molar-refractivity contribution in [2.75, 3.05) is 0 Å². The first-order chi connectivity index (χ1) is 4.20. The van der Waals surface area contributed by atoms with Crippen LogP contribution >= 0.6 is 11.6 Å². The fraction of sp³-hybridized carbons (Fsp3) is 0.167. The number of rotatable bonds is 1. The Balaban J connectivity index is 2.98. The van der Waals surface area contributed by atoms with Gasteiger partial charge in [-0.3, -0.25) is 4.79 Å². The van der Waals surface area contributed by atoms with Gasteiger partial charge in [-0.2, -0.15) is 0 Å². The monoisotopic (exact) mass is 144 g/mol. The summed E-state index contributed by atoms with van der Waals surface area (Å²) in [7, 11) is 0. The van der Waals surface area contributed by atoms with Crippen LogP contribution in [0.25, 0.3) is 0 Å². The van der Waals surface area contributed by atoms with E-state index in [0.29, 0.717) is 11.3 Å². The van der Waals surface area contributed by atoms with Gasteiger partial charge < -0.3 is 4.42 Å². The molecule has 2 nitrogen and oxygen atoms in total. The highest BCUT2D eigenvalue weighted by molar-refractivity contribution is 6.67. The van der Waals surface area contributed by atoms with Crippen molar-refractivity contribution in [3.8, 4) is 0 Å². The smallest absolute Gasteiger partial charge is 0.255 e. The molecule has 0 amide bonds. The highest BCUT2D eigenvalue weighted by atomic mass is 35.5. The molecular formula is C6H5ClO2. The van der Waals surface area contributed by atoms with Crippen LogP contribution in [0.15, 0.2) is 16.7 Å². The molecule has 1 aromatic rings. The summed E-state index contributed by atoms with van der Waals surface area (Å²) in [5.74, 6) is 0.694. The lowest BCUT2D eigenvalue weighted by atomic mass is 10.3. The lowest BCUT2D eigenvalue weighted by Crippen LogP contribution is -1.81. The van der Waals surface area contributed by atoms with Crippen LogP contribution in [0.5, 0.6) is 0 Å². The average molecular weight is 145 g/mol. The van der Waals surface area contributed by atoms with Gasteiger partial charge in [-0.15, -0.1) is 0 Å². The van der Waals surface area contributed by atoms with Crippen LogP contribution in [-0.4, -0.2) is 5.24 Å². The third-order valence-electron chi connectivity index (χ3n) is 0.958. The molecule has 0 unspecified atom stereocenters. The zero-order valence-corrected chi connectivity index (χ0v) is 5.61. The molecule has 0 fully saturated rings. The molecule has 0 saturated heterocycles. The summed E-state index contributed by atoms with van der Waals surface area (Å²) in [6.07, 6.45) is 1.34. The van der Waals surface area contributed by atoms with Crippen molar-refractivity contribution >= 4 is 16.8 Å². The molecular weight excluding hydrogens is 140 g/mol. The maximum Gasteiger partial charge on any atom is 0.255 e. The summed E-state index contributed by atoms with van der Waals surface area (Å²) < 4.78 is 4.82. The molecule has 0 aliphatic carbocycles. The van der Waals surface area contributed by atoms with E-state index in [2.05, 4.69) is 0 Å². The fourth-order valence-electron chi connectivity index (χ4n) is 0.547. The minimum absolute atomic E-state index is 0.411. The second-order valence-corrected chi connectivity index (χ2v) is 2.06. The fourth-order valence-corrected chi connectivity index (χ4v) is 0.646. The molecule has 1 heterocycles. The molecule has 0 aliphatic rings. The number of aryl methyl sites for hydroxylation is 1. The Morgan fingerprint density at radius 1 is 1.78 bits per heavy atom. The quantitative estimate of drug-likeness (QED) is 0.564. The van der Waals surface area contributed by atoms with Gasteiger partial charge in [0.25, 0.3) is 5.24 Å². The van der Waals surface area contributed by atoms with Crippen LogP contribution in [0.1, 0.15) is 16.1 Å². The van der Waals surface area contributed by atoms with E-state index in [1.165, 1.54) is 6.26 Å². The van der Waals surface area contributed by atoms with Crippen molar-refractivity contribution in [2.24, 2.45) is 0 Å². The minimum Gasteiger partial charge on any atom is -0.469 e. The third-order valence-corrected chi connectivity index (χ3v) is 1.18. The van der Waals surface area contributed by atoms with Gasteiger partial charge in [-0.25, -0.2) is 0 Å². The highest BCUT2D eigenvalue weighted by Crippen LogP contribution is 2.08. The molecule has 1 rings (SSSR count). The zero-order valence-electron chi connectivity index (χ0n) is 4.85. The Labute approximate surface area is 57.4 Å². The summed E-state index contributed by atoms with van der Waals surface area (Å²) in [5, 5.41) is -0.480. The van der Waals surface area contributed by atoms with Crippen LogP contribution in [0.3, 0.4) is 0 Å². The van der Waals surface area contributed by atoms with Gasteiger partial charge in [0.15, 0.2) is 0 Å². The molecule has 48 valence electrons. The van der Waals surface area contributed by atoms with Gasteiger partial charge in [0, 0.05) is 0 Å². The molecule has 0 radical (unpaired) electrons. The Bertz CT molecular complexity index is 227. The standard InChI is InChI=1S/C6H5ClO2/c1-4-2-5(3-9-4)6(7)8/h2-3H,1H3. The van der Waals surface area contributed by atoms with E-state index in [0.717, 1.165) is 0 Å². The van der Waals surface area contributed by atoms with Gasteiger partial charge in [0.1, 0.15) is 12.0 Å². The number of carbonyl (C=O) groups excluding carboxylic acids is 1. The second kappa shape index (κ2) is 2.23. The molecule has 0 atom stereocenters. The number of furan rings is 1. The molecule has 0 saturated carbocycles. The molecule has 0 N–H and O–H groups in total. The summed E-state index contributed by atoms with van der Waals surface area (Å²) in [6, 6.07) is 1.59. The average Bonchev–Trinajstić information content (AvgIpc) is 2.14. The topological polar surface area (TPSA) is 30.2 Å². The van der Waals surface area contributed by atoms with Crippen LogP contribution in [0, 0.1) is 6.92 Å². The molecule has 0 bridgehead atoms. The van der Waals surface area contributed by atoms with E-state index < -0.39 is 5.24 Å². The van der Waals surface area contributed by atoms with Gasteiger partial charge in [-0.05, 0) is 24.6 Å². The zero-order chi connectivity index (χ0) is 6.85. The highest BCUT2D eigenvalue weighted by Gasteiger charge is 2.02. The molecule has 9 heavy (non-hydrogen) atoms. The van der Waals surface area contributed by atoms with Crippen LogP contribution in [-0.2, 0) is 0 Å². The van der Waals surface area contributed by atoms with E-state index in [9.17, 15) is 4.79 Å². The first-order valence-electron chi connectivity index (χ1n) is 2.45. The van der Waals surface area contributed by atoms with Gasteiger partial charge >= 0.3 is 0 Å². The van der Waals surface area contributed by atoms with Crippen molar-refractivity contribution < 1.29 is 9.21 Å². The van der Waals surface area contributed by atoms with E-state index in [-0.39, 0.29) is 0 Å². The SMILES string of the molecule is Cc1cc(C(=O)Cl)co1. The van der Waals surface area contributed by atoms with Crippen LogP contribution < -0.4 is 0 Å². The Morgan fingerprint density at radius 2 is 2.44 bits per heavy atom. The number of hydrogen-bond acceptors (Lipinski definition) is 2. The Hall–Kier alpha value is -0.760. The molecule has 0 spiro atoms. The largest absolute Gasteiger partial charge is 0.469 e. The van der Waals surface area contributed by atoms with Crippen molar-refractivity contribution in [1.82, 2.24) is 0 Å². The van der Waals surface area contributed by atoms with Crippen molar-refractivity contribution in [2.45, 2.75) is 6.92 Å².